The molecule has 0 spiro atoms. The average molecular weight is 232 g/mol. The van der Waals surface area contributed by atoms with Crippen molar-refractivity contribution in [1.29, 1.82) is 0 Å². The van der Waals surface area contributed by atoms with E-state index >= 15 is 0 Å². The molecule has 0 aliphatic carbocycles. The van der Waals surface area contributed by atoms with E-state index in [2.05, 4.69) is 0 Å². The molecule has 6 nitrogen and oxygen atoms in total. The van der Waals surface area contributed by atoms with Gasteiger partial charge in [0.05, 0.1) is 13.2 Å². The first kappa shape index (κ1) is 14.6. The Kier molecular flexibility index (Phi) is 6.36. The largest absolute Gasteiger partial charge is 0.478 e. The fourth-order valence-electron chi connectivity index (χ4n) is 0.981. The highest BCUT2D eigenvalue weighted by Crippen LogP contribution is 2.14. The average Bonchev–Trinajstić information content (AvgIpc) is 2.15. The van der Waals surface area contributed by atoms with E-state index in [4.69, 9.17) is 19.3 Å². The first-order valence-electron chi connectivity index (χ1n) is 4.85. The van der Waals surface area contributed by atoms with Crippen molar-refractivity contribution in [3.05, 3.63) is 12.2 Å². The van der Waals surface area contributed by atoms with Gasteiger partial charge in [-0.2, -0.15) is 0 Å². The van der Waals surface area contributed by atoms with Gasteiger partial charge >= 0.3 is 17.9 Å². The van der Waals surface area contributed by atoms with Crippen LogP contribution in [0.1, 0.15) is 20.8 Å². The predicted molar refractivity (Wildman–Crippen MR) is 54.5 cm³/mol. The quantitative estimate of drug-likeness (QED) is 0.399. The number of aliphatic carboxylic acids is 1. The van der Waals surface area contributed by atoms with Crippen LogP contribution in [-0.4, -0.2) is 36.2 Å². The van der Waals surface area contributed by atoms with Crippen molar-refractivity contribution in [2.75, 3.05) is 13.2 Å². The maximum Gasteiger partial charge on any atom is 0.335 e. The number of carbonyl (C=O) groups is 2. The minimum absolute atomic E-state index is 0.298. The lowest BCUT2D eigenvalue weighted by Crippen LogP contribution is -2.37. The lowest BCUT2D eigenvalue weighted by atomic mass is 10.5. The second-order valence-corrected chi connectivity index (χ2v) is 2.82. The molecule has 0 aliphatic heterocycles. The lowest BCUT2D eigenvalue weighted by molar-refractivity contribution is -0.347. The van der Waals surface area contributed by atoms with Crippen LogP contribution in [0.25, 0.3) is 0 Å². The normalized spacial score (nSPS) is 11.7. The standard InChI is InChI=1S/C10H16O6/c1-4-14-10(3,15-5-2)16-9(13)7-6-8(11)12/h6-7H,4-5H2,1-3H3,(H,11,12). The summed E-state index contributed by atoms with van der Waals surface area (Å²) in [7, 11) is 0. The van der Waals surface area contributed by atoms with Crippen LogP contribution in [0.3, 0.4) is 0 Å². The molecule has 0 fully saturated rings. The Morgan fingerprint density at radius 3 is 2.06 bits per heavy atom. The van der Waals surface area contributed by atoms with Crippen LogP contribution in [0.5, 0.6) is 0 Å². The third-order valence-electron chi connectivity index (χ3n) is 1.46. The molecule has 0 amide bonds. The van der Waals surface area contributed by atoms with Crippen LogP contribution in [0.2, 0.25) is 0 Å². The summed E-state index contributed by atoms with van der Waals surface area (Å²) in [5, 5.41) is 8.31. The Hall–Kier alpha value is -1.40. The molecule has 1 N–H and O–H groups in total. The molecule has 0 radical (unpaired) electrons. The van der Waals surface area contributed by atoms with Crippen molar-refractivity contribution in [3.63, 3.8) is 0 Å². The minimum atomic E-state index is -1.48. The molecule has 0 rings (SSSR count). The first-order chi connectivity index (χ1) is 7.43. The molecule has 0 atom stereocenters. The summed E-state index contributed by atoms with van der Waals surface area (Å²) in [5.41, 5.74) is 0. The molecule has 0 saturated heterocycles. The molecule has 92 valence electrons. The third kappa shape index (κ3) is 6.15. The summed E-state index contributed by atoms with van der Waals surface area (Å²) in [4.78, 5) is 21.3. The molecule has 0 heterocycles. The maximum atomic E-state index is 11.2. The van der Waals surface area contributed by atoms with E-state index in [9.17, 15) is 9.59 Å². The van der Waals surface area contributed by atoms with Crippen LogP contribution in [-0.2, 0) is 23.8 Å². The van der Waals surface area contributed by atoms with E-state index in [0.29, 0.717) is 19.3 Å². The van der Waals surface area contributed by atoms with Crippen molar-refractivity contribution in [3.8, 4) is 0 Å². The zero-order valence-electron chi connectivity index (χ0n) is 9.56. The fourth-order valence-corrected chi connectivity index (χ4v) is 0.981. The van der Waals surface area contributed by atoms with Gasteiger partial charge in [0.2, 0.25) is 0 Å². The molecule has 0 aliphatic rings. The van der Waals surface area contributed by atoms with E-state index in [0.717, 1.165) is 6.08 Å². The number of esters is 1. The van der Waals surface area contributed by atoms with Crippen molar-refractivity contribution < 1.29 is 28.9 Å². The van der Waals surface area contributed by atoms with Gasteiger partial charge in [-0.25, -0.2) is 9.59 Å². The highest BCUT2D eigenvalue weighted by atomic mass is 16.9. The number of rotatable bonds is 7. The van der Waals surface area contributed by atoms with E-state index in [1.165, 1.54) is 6.92 Å². The fraction of sp³-hybridized carbons (Fsp3) is 0.600. The van der Waals surface area contributed by atoms with Crippen molar-refractivity contribution in [1.82, 2.24) is 0 Å². The SMILES string of the molecule is CCOC(C)(OCC)OC(=O)C=CC(=O)O. The summed E-state index contributed by atoms with van der Waals surface area (Å²) in [6, 6.07) is 0. The van der Waals surface area contributed by atoms with Crippen molar-refractivity contribution in [2.45, 2.75) is 26.7 Å². The minimum Gasteiger partial charge on any atom is -0.478 e. The van der Waals surface area contributed by atoms with Crippen LogP contribution in [0, 0.1) is 0 Å². The Balaban J connectivity index is 4.39. The molecule has 0 aromatic heterocycles. The lowest BCUT2D eigenvalue weighted by Gasteiger charge is -2.27. The van der Waals surface area contributed by atoms with Gasteiger partial charge in [-0.05, 0) is 13.8 Å². The second-order valence-electron chi connectivity index (χ2n) is 2.82. The van der Waals surface area contributed by atoms with E-state index in [1.807, 2.05) is 0 Å². The highest BCUT2D eigenvalue weighted by molar-refractivity contribution is 5.90. The van der Waals surface area contributed by atoms with Gasteiger partial charge in [0.25, 0.3) is 0 Å². The Morgan fingerprint density at radius 2 is 1.69 bits per heavy atom. The summed E-state index contributed by atoms with van der Waals surface area (Å²) in [6.45, 7) is 5.47. The van der Waals surface area contributed by atoms with E-state index in [-0.39, 0.29) is 0 Å². The predicted octanol–water partition coefficient (Wildman–Crippen LogP) is 0.917. The summed E-state index contributed by atoms with van der Waals surface area (Å²) >= 11 is 0. The van der Waals surface area contributed by atoms with Crippen molar-refractivity contribution in [2.24, 2.45) is 0 Å². The first-order valence-corrected chi connectivity index (χ1v) is 4.85. The van der Waals surface area contributed by atoms with Gasteiger partial charge in [-0.15, -0.1) is 0 Å². The van der Waals surface area contributed by atoms with E-state index in [1.54, 1.807) is 13.8 Å². The Labute approximate surface area is 93.8 Å². The van der Waals surface area contributed by atoms with Gasteiger partial charge in [0.1, 0.15) is 0 Å². The van der Waals surface area contributed by atoms with Crippen LogP contribution in [0.15, 0.2) is 12.2 Å². The summed E-state index contributed by atoms with van der Waals surface area (Å²) < 4.78 is 15.0. The van der Waals surface area contributed by atoms with Crippen LogP contribution in [0.4, 0.5) is 0 Å². The zero-order valence-corrected chi connectivity index (χ0v) is 9.56. The van der Waals surface area contributed by atoms with Crippen molar-refractivity contribution >= 4 is 11.9 Å². The summed E-state index contributed by atoms with van der Waals surface area (Å²) in [5.74, 6) is -3.55. The zero-order chi connectivity index (χ0) is 12.6. The molecule has 0 saturated carbocycles. The monoisotopic (exact) mass is 232 g/mol. The number of hydrogen-bond donors (Lipinski definition) is 1. The number of carbonyl (C=O) groups excluding carboxylic acids is 1. The molecular formula is C10H16O6. The molecule has 0 aromatic carbocycles. The number of carboxylic acids is 1. The molecule has 0 bridgehead atoms. The molecular weight excluding hydrogens is 216 g/mol. The second kappa shape index (κ2) is 6.97. The smallest absolute Gasteiger partial charge is 0.335 e. The number of ether oxygens (including phenoxy) is 3. The molecule has 0 unspecified atom stereocenters. The molecule has 0 aromatic rings. The van der Waals surface area contributed by atoms with Gasteiger partial charge in [0, 0.05) is 19.1 Å². The maximum absolute atomic E-state index is 11.2. The molecule has 16 heavy (non-hydrogen) atoms. The third-order valence-corrected chi connectivity index (χ3v) is 1.46. The number of hydrogen-bond acceptors (Lipinski definition) is 5. The Morgan fingerprint density at radius 1 is 1.19 bits per heavy atom. The van der Waals surface area contributed by atoms with Gasteiger partial charge < -0.3 is 19.3 Å². The van der Waals surface area contributed by atoms with Crippen LogP contribution >= 0.6 is 0 Å². The Bertz CT molecular complexity index is 264. The van der Waals surface area contributed by atoms with Gasteiger partial charge in [-0.1, -0.05) is 0 Å². The topological polar surface area (TPSA) is 82.1 Å². The van der Waals surface area contributed by atoms with Crippen LogP contribution < -0.4 is 0 Å². The summed E-state index contributed by atoms with van der Waals surface area (Å²) in [6.07, 6.45) is 1.47. The van der Waals surface area contributed by atoms with Gasteiger partial charge in [-0.3, -0.25) is 0 Å². The number of carboxylic acid groups (broad SMARTS) is 1. The van der Waals surface area contributed by atoms with E-state index < -0.39 is 17.9 Å². The molecule has 6 heteroatoms. The van der Waals surface area contributed by atoms with Gasteiger partial charge in [0.15, 0.2) is 0 Å². The highest BCUT2D eigenvalue weighted by Gasteiger charge is 2.29.